The van der Waals surface area contributed by atoms with Gasteiger partial charge in [0.15, 0.2) is 0 Å². The minimum Gasteiger partial charge on any atom is -0.341 e. The van der Waals surface area contributed by atoms with E-state index in [9.17, 15) is 4.79 Å². The van der Waals surface area contributed by atoms with Crippen LogP contribution in [0.4, 0.5) is 0 Å². The fraction of sp³-hybridized carbons (Fsp3) is 0.500. The van der Waals surface area contributed by atoms with E-state index in [0.29, 0.717) is 12.5 Å². The zero-order valence-corrected chi connectivity index (χ0v) is 11.6. The van der Waals surface area contributed by atoms with E-state index in [0.717, 1.165) is 23.7 Å². The number of carbonyl (C=O) groups excluding carboxylic acids is 1. The molecule has 0 aliphatic carbocycles. The number of amides is 1. The van der Waals surface area contributed by atoms with E-state index in [1.807, 2.05) is 31.3 Å². The fourth-order valence-electron chi connectivity index (χ4n) is 2.37. The van der Waals surface area contributed by atoms with Gasteiger partial charge < -0.3 is 10.2 Å². The molecule has 0 spiro atoms. The van der Waals surface area contributed by atoms with Crippen molar-refractivity contribution in [3.8, 4) is 0 Å². The molecule has 0 aromatic heterocycles. The Balaban J connectivity index is 1.97. The Kier molecular flexibility index (Phi) is 4.25. The van der Waals surface area contributed by atoms with Gasteiger partial charge in [-0.15, -0.1) is 0 Å². The maximum Gasteiger partial charge on any atom is 0.227 e. The normalized spacial score (nSPS) is 23.1. The molecule has 18 heavy (non-hydrogen) atoms. The molecule has 2 unspecified atom stereocenters. The van der Waals surface area contributed by atoms with Gasteiger partial charge in [0.1, 0.15) is 0 Å². The van der Waals surface area contributed by atoms with Crippen molar-refractivity contribution in [1.29, 1.82) is 0 Å². The summed E-state index contributed by atoms with van der Waals surface area (Å²) < 4.78 is 0. The van der Waals surface area contributed by atoms with Crippen LogP contribution in [0.5, 0.6) is 0 Å². The van der Waals surface area contributed by atoms with Crippen molar-refractivity contribution in [2.75, 3.05) is 20.1 Å². The minimum absolute atomic E-state index is 0.113. The van der Waals surface area contributed by atoms with Crippen LogP contribution in [0.2, 0.25) is 5.02 Å². The van der Waals surface area contributed by atoms with Gasteiger partial charge in [-0.05, 0) is 30.2 Å². The second-order valence-electron chi connectivity index (χ2n) is 5.06. The first-order valence-corrected chi connectivity index (χ1v) is 6.66. The number of halogens is 1. The minimum atomic E-state index is 0.113. The highest BCUT2D eigenvalue weighted by molar-refractivity contribution is 6.30. The highest BCUT2D eigenvalue weighted by Crippen LogP contribution is 2.19. The summed E-state index contributed by atoms with van der Waals surface area (Å²) in [6, 6.07) is 7.63. The third-order valence-corrected chi connectivity index (χ3v) is 3.80. The molecule has 1 heterocycles. The van der Waals surface area contributed by atoms with Crippen LogP contribution in [-0.4, -0.2) is 30.9 Å². The van der Waals surface area contributed by atoms with Gasteiger partial charge in [0.25, 0.3) is 0 Å². The molecule has 4 heteroatoms. The molecule has 1 aromatic carbocycles. The van der Waals surface area contributed by atoms with Crippen LogP contribution >= 0.6 is 11.6 Å². The van der Waals surface area contributed by atoms with Crippen molar-refractivity contribution in [3.05, 3.63) is 34.9 Å². The van der Waals surface area contributed by atoms with Gasteiger partial charge >= 0.3 is 0 Å². The molecule has 1 aromatic rings. The predicted molar refractivity (Wildman–Crippen MR) is 73.4 cm³/mol. The second-order valence-corrected chi connectivity index (χ2v) is 5.50. The van der Waals surface area contributed by atoms with E-state index < -0.39 is 0 Å². The number of benzene rings is 1. The fourth-order valence-corrected chi connectivity index (χ4v) is 2.49. The summed E-state index contributed by atoms with van der Waals surface area (Å²) in [5, 5.41) is 3.99. The van der Waals surface area contributed by atoms with Gasteiger partial charge in [-0.25, -0.2) is 0 Å². The molecule has 1 fully saturated rings. The van der Waals surface area contributed by atoms with E-state index in [4.69, 9.17) is 11.6 Å². The Morgan fingerprint density at radius 1 is 1.39 bits per heavy atom. The van der Waals surface area contributed by atoms with Crippen LogP contribution in [0.1, 0.15) is 12.5 Å². The van der Waals surface area contributed by atoms with Gasteiger partial charge in [0.2, 0.25) is 5.91 Å². The number of nitrogens with one attached hydrogen (secondary N) is 1. The maximum absolute atomic E-state index is 12.3. The van der Waals surface area contributed by atoms with E-state index in [2.05, 4.69) is 12.2 Å². The van der Waals surface area contributed by atoms with Crippen LogP contribution in [0.3, 0.4) is 0 Å². The summed E-state index contributed by atoms with van der Waals surface area (Å²) in [6.45, 7) is 4.49. The topological polar surface area (TPSA) is 32.3 Å². The molecule has 0 bridgehead atoms. The summed E-state index contributed by atoms with van der Waals surface area (Å²) in [4.78, 5) is 14.1. The molecule has 98 valence electrons. The molecule has 0 saturated carbocycles. The molecule has 1 N–H and O–H groups in total. The van der Waals surface area contributed by atoms with Crippen LogP contribution < -0.4 is 5.32 Å². The molecular formula is C14H19ClN2O. The first kappa shape index (κ1) is 13.4. The van der Waals surface area contributed by atoms with Crippen LogP contribution in [0.25, 0.3) is 0 Å². The molecular weight excluding hydrogens is 248 g/mol. The Bertz CT molecular complexity index is 418. The Morgan fingerprint density at radius 3 is 2.61 bits per heavy atom. The first-order chi connectivity index (χ1) is 8.58. The van der Waals surface area contributed by atoms with Gasteiger partial charge in [-0.3, -0.25) is 4.79 Å². The monoisotopic (exact) mass is 266 g/mol. The molecule has 3 nitrogen and oxygen atoms in total. The quantitative estimate of drug-likeness (QED) is 0.909. The predicted octanol–water partition coefficient (Wildman–Crippen LogP) is 2.15. The average molecular weight is 267 g/mol. The van der Waals surface area contributed by atoms with Gasteiger partial charge in [-0.1, -0.05) is 30.7 Å². The Morgan fingerprint density at radius 2 is 2.06 bits per heavy atom. The molecule has 1 amide bonds. The Labute approximate surface area is 113 Å². The van der Waals surface area contributed by atoms with Crippen molar-refractivity contribution in [2.24, 2.45) is 11.8 Å². The van der Waals surface area contributed by atoms with Crippen molar-refractivity contribution in [2.45, 2.75) is 13.5 Å². The summed E-state index contributed by atoms with van der Waals surface area (Å²) in [5.74, 6) is 0.759. The number of hydrogen-bond donors (Lipinski definition) is 1. The molecule has 2 rings (SSSR count). The SMILES string of the molecule is CC1CNCC1C(=O)N(C)Cc1ccc(Cl)cc1. The number of carbonyl (C=O) groups is 1. The lowest BCUT2D eigenvalue weighted by atomic mass is 9.96. The van der Waals surface area contributed by atoms with E-state index in [1.54, 1.807) is 4.90 Å². The second kappa shape index (κ2) is 5.72. The number of rotatable bonds is 3. The molecule has 1 saturated heterocycles. The van der Waals surface area contributed by atoms with E-state index in [1.165, 1.54) is 0 Å². The van der Waals surface area contributed by atoms with Crippen molar-refractivity contribution in [1.82, 2.24) is 10.2 Å². The standard InChI is InChI=1S/C14H19ClN2O/c1-10-7-16-8-13(10)14(18)17(2)9-11-3-5-12(15)6-4-11/h3-6,10,13,16H,7-9H2,1-2H3. The van der Waals surface area contributed by atoms with E-state index >= 15 is 0 Å². The molecule has 2 atom stereocenters. The zero-order valence-electron chi connectivity index (χ0n) is 10.8. The zero-order chi connectivity index (χ0) is 13.1. The lowest BCUT2D eigenvalue weighted by molar-refractivity contribution is -0.135. The van der Waals surface area contributed by atoms with Gasteiger partial charge in [-0.2, -0.15) is 0 Å². The third-order valence-electron chi connectivity index (χ3n) is 3.54. The first-order valence-electron chi connectivity index (χ1n) is 6.28. The smallest absolute Gasteiger partial charge is 0.227 e. The summed E-state index contributed by atoms with van der Waals surface area (Å²) in [6.07, 6.45) is 0. The van der Waals surface area contributed by atoms with Crippen molar-refractivity contribution < 1.29 is 4.79 Å². The highest BCUT2D eigenvalue weighted by atomic mass is 35.5. The van der Waals surface area contributed by atoms with Crippen LogP contribution in [0.15, 0.2) is 24.3 Å². The lowest BCUT2D eigenvalue weighted by Crippen LogP contribution is -2.35. The molecule has 1 aliphatic heterocycles. The average Bonchev–Trinajstić information content (AvgIpc) is 2.77. The molecule has 1 aliphatic rings. The molecule has 0 radical (unpaired) electrons. The van der Waals surface area contributed by atoms with Crippen LogP contribution in [0, 0.1) is 11.8 Å². The number of nitrogens with zero attached hydrogens (tertiary/aromatic N) is 1. The third kappa shape index (κ3) is 3.03. The van der Waals surface area contributed by atoms with Gasteiger partial charge in [0, 0.05) is 25.2 Å². The Hall–Kier alpha value is -1.06. The lowest BCUT2D eigenvalue weighted by Gasteiger charge is -2.23. The maximum atomic E-state index is 12.3. The van der Waals surface area contributed by atoms with Crippen molar-refractivity contribution in [3.63, 3.8) is 0 Å². The largest absolute Gasteiger partial charge is 0.341 e. The van der Waals surface area contributed by atoms with Crippen LogP contribution in [-0.2, 0) is 11.3 Å². The van der Waals surface area contributed by atoms with Crippen molar-refractivity contribution >= 4 is 17.5 Å². The van der Waals surface area contributed by atoms with Gasteiger partial charge in [0.05, 0.1) is 5.92 Å². The summed E-state index contributed by atoms with van der Waals surface area (Å²) in [7, 11) is 1.86. The van der Waals surface area contributed by atoms with E-state index in [-0.39, 0.29) is 11.8 Å². The summed E-state index contributed by atoms with van der Waals surface area (Å²) >= 11 is 5.84. The number of hydrogen-bond acceptors (Lipinski definition) is 2. The highest BCUT2D eigenvalue weighted by Gasteiger charge is 2.31. The summed E-state index contributed by atoms with van der Waals surface area (Å²) in [5.41, 5.74) is 1.11.